The molecule has 1 aromatic rings. The number of carbonyl (C=O) groups is 1. The molecule has 0 atom stereocenters. The van der Waals surface area contributed by atoms with Crippen molar-refractivity contribution in [1.82, 2.24) is 9.78 Å². The van der Waals surface area contributed by atoms with Gasteiger partial charge in [-0.2, -0.15) is 5.10 Å². The average molecular weight is 234 g/mol. The number of carboxylic acid groups (broad SMARTS) is 1. The minimum atomic E-state index is -0.841. The second-order valence-corrected chi connectivity index (χ2v) is 4.85. The molecule has 1 aliphatic carbocycles. The number of aliphatic carboxylic acids is 1. The van der Waals surface area contributed by atoms with Gasteiger partial charge in [0, 0.05) is 11.8 Å². The van der Waals surface area contributed by atoms with Crippen LogP contribution in [-0.4, -0.2) is 20.9 Å². The number of aromatic nitrogens is 2. The molecule has 1 N–H and O–H groups in total. The maximum absolute atomic E-state index is 11.6. The average Bonchev–Trinajstić information content (AvgIpc) is 2.79. The highest BCUT2D eigenvalue weighted by Crippen LogP contribution is 2.35. The first-order valence-corrected chi connectivity index (χ1v) is 6.01. The Labute approximate surface area is 101 Å². The summed E-state index contributed by atoms with van der Waals surface area (Å²) < 4.78 is 1.62. The molecule has 92 valence electrons. The fraction of sp³-hybridized carbons (Fsp3) is 0.538. The van der Waals surface area contributed by atoms with Gasteiger partial charge in [-0.1, -0.05) is 25.8 Å². The van der Waals surface area contributed by atoms with Crippen molar-refractivity contribution in [1.29, 1.82) is 0 Å². The number of nitrogens with zero attached hydrogens (tertiary/aromatic N) is 2. The summed E-state index contributed by atoms with van der Waals surface area (Å²) in [7, 11) is 0. The van der Waals surface area contributed by atoms with Crippen molar-refractivity contribution in [3.8, 4) is 0 Å². The second kappa shape index (κ2) is 4.35. The Hall–Kier alpha value is -1.58. The van der Waals surface area contributed by atoms with E-state index in [1.54, 1.807) is 10.9 Å². The Bertz CT molecular complexity index is 442. The molecule has 0 aromatic carbocycles. The van der Waals surface area contributed by atoms with Crippen molar-refractivity contribution in [2.75, 3.05) is 0 Å². The molecular weight excluding hydrogens is 216 g/mol. The summed E-state index contributed by atoms with van der Waals surface area (Å²) in [6.45, 7) is 5.75. The summed E-state index contributed by atoms with van der Waals surface area (Å²) in [6.07, 6.45) is 7.86. The first-order valence-electron chi connectivity index (χ1n) is 6.01. The minimum Gasteiger partial charge on any atom is -0.479 e. The van der Waals surface area contributed by atoms with Crippen LogP contribution in [0.4, 0.5) is 0 Å². The Balaban J connectivity index is 2.38. The fourth-order valence-electron chi connectivity index (χ4n) is 2.45. The molecule has 0 aliphatic heterocycles. The van der Waals surface area contributed by atoms with E-state index in [1.165, 1.54) is 0 Å². The van der Waals surface area contributed by atoms with Crippen LogP contribution in [0.3, 0.4) is 0 Å². The van der Waals surface area contributed by atoms with Crippen LogP contribution in [0.1, 0.15) is 44.6 Å². The van der Waals surface area contributed by atoms with Crippen LogP contribution in [0.2, 0.25) is 0 Å². The summed E-state index contributed by atoms with van der Waals surface area (Å²) in [6, 6.07) is 0. The Morgan fingerprint density at radius 2 is 2.12 bits per heavy atom. The van der Waals surface area contributed by atoms with Gasteiger partial charge in [0.2, 0.25) is 0 Å². The van der Waals surface area contributed by atoms with Crippen molar-refractivity contribution in [3.63, 3.8) is 0 Å². The van der Waals surface area contributed by atoms with Gasteiger partial charge in [-0.15, -0.1) is 0 Å². The smallest absolute Gasteiger partial charge is 0.331 e. The zero-order valence-corrected chi connectivity index (χ0v) is 10.1. The van der Waals surface area contributed by atoms with Gasteiger partial charge in [-0.25, -0.2) is 4.79 Å². The summed E-state index contributed by atoms with van der Waals surface area (Å²) in [5.41, 5.74) is 0.982. The zero-order chi connectivity index (χ0) is 12.5. The van der Waals surface area contributed by atoms with Gasteiger partial charge < -0.3 is 5.11 Å². The molecule has 0 unspecified atom stereocenters. The molecule has 1 fully saturated rings. The summed E-state index contributed by atoms with van der Waals surface area (Å²) in [4.78, 5) is 11.6. The topological polar surface area (TPSA) is 55.1 Å². The predicted molar refractivity (Wildman–Crippen MR) is 65.6 cm³/mol. The molecule has 4 nitrogen and oxygen atoms in total. The number of hydrogen-bond acceptors (Lipinski definition) is 2. The van der Waals surface area contributed by atoms with E-state index in [0.29, 0.717) is 12.8 Å². The maximum Gasteiger partial charge on any atom is 0.331 e. The van der Waals surface area contributed by atoms with Crippen LogP contribution in [0, 0.1) is 0 Å². The van der Waals surface area contributed by atoms with Gasteiger partial charge in [0.15, 0.2) is 5.54 Å². The van der Waals surface area contributed by atoms with E-state index in [2.05, 4.69) is 11.7 Å². The molecule has 0 radical (unpaired) electrons. The van der Waals surface area contributed by atoms with E-state index in [4.69, 9.17) is 0 Å². The van der Waals surface area contributed by atoms with E-state index < -0.39 is 11.5 Å². The standard InChI is InChI=1S/C13H18N2O2/c1-10(2)11-8-14-15(9-11)13(12(16)17)6-4-3-5-7-13/h8-9H,1,3-7H2,2H3,(H,16,17). The molecule has 0 spiro atoms. The van der Waals surface area contributed by atoms with E-state index in [-0.39, 0.29) is 0 Å². The van der Waals surface area contributed by atoms with Crippen molar-refractivity contribution < 1.29 is 9.90 Å². The third-order valence-corrected chi connectivity index (χ3v) is 3.59. The lowest BCUT2D eigenvalue weighted by molar-refractivity contribution is -0.150. The molecule has 1 aromatic heterocycles. The van der Waals surface area contributed by atoms with Gasteiger partial charge in [0.1, 0.15) is 0 Å². The number of hydrogen-bond donors (Lipinski definition) is 1. The highest BCUT2D eigenvalue weighted by Gasteiger charge is 2.42. The molecule has 0 amide bonds. The lowest BCUT2D eigenvalue weighted by Gasteiger charge is -2.33. The molecule has 0 bridgehead atoms. The molecule has 2 rings (SSSR count). The van der Waals surface area contributed by atoms with Crippen molar-refractivity contribution in [3.05, 3.63) is 24.5 Å². The number of rotatable bonds is 3. The monoisotopic (exact) mass is 234 g/mol. The van der Waals surface area contributed by atoms with Gasteiger partial charge in [-0.05, 0) is 25.3 Å². The van der Waals surface area contributed by atoms with Gasteiger partial charge in [0.25, 0.3) is 0 Å². The van der Waals surface area contributed by atoms with Gasteiger partial charge in [-0.3, -0.25) is 4.68 Å². The lowest BCUT2D eigenvalue weighted by atomic mass is 9.82. The van der Waals surface area contributed by atoms with Crippen molar-refractivity contribution in [2.24, 2.45) is 0 Å². The second-order valence-electron chi connectivity index (χ2n) is 4.85. The zero-order valence-electron chi connectivity index (χ0n) is 10.1. The van der Waals surface area contributed by atoms with Crippen LogP contribution >= 0.6 is 0 Å². The molecule has 1 heterocycles. The van der Waals surface area contributed by atoms with E-state index in [0.717, 1.165) is 30.4 Å². The third kappa shape index (κ3) is 1.99. The number of carboxylic acids is 1. The SMILES string of the molecule is C=C(C)c1cnn(C2(C(=O)O)CCCCC2)c1. The van der Waals surface area contributed by atoms with E-state index in [9.17, 15) is 9.90 Å². The third-order valence-electron chi connectivity index (χ3n) is 3.59. The maximum atomic E-state index is 11.6. The number of allylic oxidation sites excluding steroid dienone is 1. The van der Waals surface area contributed by atoms with E-state index in [1.807, 2.05) is 13.1 Å². The molecule has 0 saturated heterocycles. The van der Waals surface area contributed by atoms with Crippen LogP contribution < -0.4 is 0 Å². The Morgan fingerprint density at radius 3 is 2.59 bits per heavy atom. The summed E-state index contributed by atoms with van der Waals surface area (Å²) in [5, 5.41) is 13.7. The predicted octanol–water partition coefficient (Wildman–Crippen LogP) is 2.66. The Kier molecular flexibility index (Phi) is 3.05. The summed E-state index contributed by atoms with van der Waals surface area (Å²) >= 11 is 0. The highest BCUT2D eigenvalue weighted by molar-refractivity contribution is 5.77. The van der Waals surface area contributed by atoms with Crippen LogP contribution in [0.25, 0.3) is 5.57 Å². The quantitative estimate of drug-likeness (QED) is 0.874. The first kappa shape index (κ1) is 11.9. The first-order chi connectivity index (χ1) is 8.06. The molecule has 4 heteroatoms. The molecule has 1 aliphatic rings. The minimum absolute atomic E-state index is 0.666. The van der Waals surface area contributed by atoms with Crippen LogP contribution in [0.15, 0.2) is 19.0 Å². The molecule has 17 heavy (non-hydrogen) atoms. The largest absolute Gasteiger partial charge is 0.479 e. The molecule has 1 saturated carbocycles. The fourth-order valence-corrected chi connectivity index (χ4v) is 2.45. The normalized spacial score (nSPS) is 18.9. The van der Waals surface area contributed by atoms with Crippen molar-refractivity contribution in [2.45, 2.75) is 44.6 Å². The Morgan fingerprint density at radius 1 is 1.47 bits per heavy atom. The lowest BCUT2D eigenvalue weighted by Crippen LogP contribution is -2.44. The van der Waals surface area contributed by atoms with Gasteiger partial charge >= 0.3 is 5.97 Å². The van der Waals surface area contributed by atoms with Crippen LogP contribution in [0.5, 0.6) is 0 Å². The highest BCUT2D eigenvalue weighted by atomic mass is 16.4. The van der Waals surface area contributed by atoms with E-state index >= 15 is 0 Å². The van der Waals surface area contributed by atoms with Gasteiger partial charge in [0.05, 0.1) is 6.20 Å². The van der Waals surface area contributed by atoms with Crippen LogP contribution in [-0.2, 0) is 10.3 Å². The molecular formula is C13H18N2O2. The summed E-state index contributed by atoms with van der Waals surface area (Å²) in [5.74, 6) is -0.770. The van der Waals surface area contributed by atoms with Crippen molar-refractivity contribution >= 4 is 11.5 Å².